The molecule has 1 aromatic carbocycles. The van der Waals surface area contributed by atoms with Crippen LogP contribution in [0.1, 0.15) is 12.5 Å². The van der Waals surface area contributed by atoms with Gasteiger partial charge in [0.15, 0.2) is 11.5 Å². The van der Waals surface area contributed by atoms with Crippen LogP contribution in [0.15, 0.2) is 36.6 Å². The first-order valence-electron chi connectivity index (χ1n) is 6.87. The molecule has 0 bridgehead atoms. The highest BCUT2D eigenvalue weighted by molar-refractivity contribution is 6.14. The SMILES string of the molecule is C=CCN1C(=O)NC(=Cc2ccc(OC)c(OCC)c2)C1=O. The fourth-order valence-electron chi connectivity index (χ4n) is 2.08. The molecule has 1 heterocycles. The minimum atomic E-state index is -0.449. The van der Waals surface area contributed by atoms with Crippen molar-refractivity contribution < 1.29 is 19.1 Å². The van der Waals surface area contributed by atoms with Gasteiger partial charge in [0.2, 0.25) is 0 Å². The molecule has 1 aliphatic rings. The number of hydrogen-bond donors (Lipinski definition) is 1. The molecule has 0 aromatic heterocycles. The van der Waals surface area contributed by atoms with E-state index >= 15 is 0 Å². The number of nitrogens with one attached hydrogen (secondary N) is 1. The summed E-state index contributed by atoms with van der Waals surface area (Å²) in [6.07, 6.45) is 3.10. The molecule has 0 radical (unpaired) electrons. The molecule has 1 aromatic rings. The normalized spacial score (nSPS) is 15.9. The summed E-state index contributed by atoms with van der Waals surface area (Å²) in [6.45, 7) is 6.08. The number of carbonyl (C=O) groups excluding carboxylic acids is 2. The number of hydrogen-bond acceptors (Lipinski definition) is 4. The fraction of sp³-hybridized carbons (Fsp3) is 0.250. The van der Waals surface area contributed by atoms with E-state index in [0.717, 1.165) is 10.5 Å². The zero-order valence-corrected chi connectivity index (χ0v) is 12.6. The second-order valence-corrected chi connectivity index (χ2v) is 4.54. The van der Waals surface area contributed by atoms with Crippen molar-refractivity contribution in [3.8, 4) is 11.5 Å². The Morgan fingerprint density at radius 3 is 2.73 bits per heavy atom. The van der Waals surface area contributed by atoms with Gasteiger partial charge < -0.3 is 14.8 Å². The van der Waals surface area contributed by atoms with Crippen molar-refractivity contribution in [2.24, 2.45) is 0 Å². The van der Waals surface area contributed by atoms with Gasteiger partial charge >= 0.3 is 6.03 Å². The van der Waals surface area contributed by atoms with E-state index in [-0.39, 0.29) is 18.1 Å². The van der Waals surface area contributed by atoms with E-state index in [0.29, 0.717) is 18.1 Å². The van der Waals surface area contributed by atoms with Gasteiger partial charge in [-0.1, -0.05) is 12.1 Å². The maximum absolute atomic E-state index is 12.1. The lowest BCUT2D eigenvalue weighted by Gasteiger charge is -2.10. The molecule has 6 nitrogen and oxygen atoms in total. The second-order valence-electron chi connectivity index (χ2n) is 4.54. The van der Waals surface area contributed by atoms with Crippen LogP contribution in [-0.4, -0.2) is 37.1 Å². The van der Waals surface area contributed by atoms with E-state index in [9.17, 15) is 9.59 Å². The molecule has 0 aliphatic carbocycles. The first-order chi connectivity index (χ1) is 10.6. The van der Waals surface area contributed by atoms with Crippen LogP contribution in [0.4, 0.5) is 4.79 Å². The van der Waals surface area contributed by atoms with Crippen LogP contribution in [0.3, 0.4) is 0 Å². The Bertz CT molecular complexity index is 637. The number of ether oxygens (including phenoxy) is 2. The summed E-state index contributed by atoms with van der Waals surface area (Å²) in [5.74, 6) is 0.816. The lowest BCUT2D eigenvalue weighted by atomic mass is 10.1. The third-order valence-electron chi connectivity index (χ3n) is 3.07. The second kappa shape index (κ2) is 6.80. The van der Waals surface area contributed by atoms with Gasteiger partial charge in [-0.15, -0.1) is 6.58 Å². The zero-order chi connectivity index (χ0) is 16.1. The summed E-state index contributed by atoms with van der Waals surface area (Å²) < 4.78 is 10.7. The topological polar surface area (TPSA) is 67.9 Å². The fourth-order valence-corrected chi connectivity index (χ4v) is 2.08. The quantitative estimate of drug-likeness (QED) is 0.497. The minimum Gasteiger partial charge on any atom is -0.493 e. The molecule has 1 N–H and O–H groups in total. The number of benzene rings is 1. The Hall–Kier alpha value is -2.76. The first kappa shape index (κ1) is 15.6. The van der Waals surface area contributed by atoms with Crippen LogP contribution in [0, 0.1) is 0 Å². The number of carbonyl (C=O) groups is 2. The summed E-state index contributed by atoms with van der Waals surface area (Å²) in [4.78, 5) is 24.9. The molecule has 3 amide bonds. The van der Waals surface area contributed by atoms with Crippen molar-refractivity contribution in [1.29, 1.82) is 0 Å². The van der Waals surface area contributed by atoms with Gasteiger partial charge in [-0.2, -0.15) is 0 Å². The number of amides is 3. The standard InChI is InChI=1S/C16H18N2O4/c1-4-8-18-15(19)12(17-16(18)20)9-11-6-7-13(21-3)14(10-11)22-5-2/h4,6-7,9-10H,1,5,8H2,2-3H3,(H,17,20). The van der Waals surface area contributed by atoms with Gasteiger partial charge in [-0.25, -0.2) is 4.79 Å². The van der Waals surface area contributed by atoms with Gasteiger partial charge in [0.1, 0.15) is 5.70 Å². The summed E-state index contributed by atoms with van der Waals surface area (Å²) in [6, 6.07) is 4.84. The number of imide groups is 1. The Morgan fingerprint density at radius 1 is 1.32 bits per heavy atom. The lowest BCUT2D eigenvalue weighted by molar-refractivity contribution is -0.122. The average molecular weight is 302 g/mol. The van der Waals surface area contributed by atoms with Crippen LogP contribution in [-0.2, 0) is 4.79 Å². The summed E-state index contributed by atoms with van der Waals surface area (Å²) in [7, 11) is 1.56. The molecule has 116 valence electrons. The van der Waals surface area contributed by atoms with E-state index in [4.69, 9.17) is 9.47 Å². The zero-order valence-electron chi connectivity index (χ0n) is 12.6. The Labute approximate surface area is 129 Å². The van der Waals surface area contributed by atoms with E-state index in [1.54, 1.807) is 31.4 Å². The van der Waals surface area contributed by atoms with Crippen molar-refractivity contribution in [3.05, 3.63) is 42.1 Å². The van der Waals surface area contributed by atoms with Crippen molar-refractivity contribution >= 4 is 18.0 Å². The van der Waals surface area contributed by atoms with Gasteiger partial charge in [0, 0.05) is 6.54 Å². The highest BCUT2D eigenvalue weighted by Crippen LogP contribution is 2.29. The van der Waals surface area contributed by atoms with Gasteiger partial charge in [0.05, 0.1) is 13.7 Å². The van der Waals surface area contributed by atoms with E-state index in [2.05, 4.69) is 11.9 Å². The number of methoxy groups -OCH3 is 1. The third-order valence-corrected chi connectivity index (χ3v) is 3.07. The number of nitrogens with zero attached hydrogens (tertiary/aromatic N) is 1. The highest BCUT2D eigenvalue weighted by Gasteiger charge is 2.32. The van der Waals surface area contributed by atoms with Gasteiger partial charge in [-0.3, -0.25) is 9.69 Å². The van der Waals surface area contributed by atoms with Crippen LogP contribution in [0.2, 0.25) is 0 Å². The molecular weight excluding hydrogens is 284 g/mol. The molecular formula is C16H18N2O4. The van der Waals surface area contributed by atoms with E-state index in [1.807, 2.05) is 6.92 Å². The smallest absolute Gasteiger partial charge is 0.329 e. The van der Waals surface area contributed by atoms with Crippen molar-refractivity contribution in [1.82, 2.24) is 10.2 Å². The Kier molecular flexibility index (Phi) is 4.83. The number of urea groups is 1. The average Bonchev–Trinajstić information content (AvgIpc) is 2.76. The molecule has 0 saturated carbocycles. The Morgan fingerprint density at radius 2 is 2.09 bits per heavy atom. The van der Waals surface area contributed by atoms with Crippen molar-refractivity contribution in [2.45, 2.75) is 6.92 Å². The molecule has 22 heavy (non-hydrogen) atoms. The molecule has 1 saturated heterocycles. The largest absolute Gasteiger partial charge is 0.493 e. The van der Waals surface area contributed by atoms with E-state index in [1.165, 1.54) is 6.08 Å². The van der Waals surface area contributed by atoms with Crippen LogP contribution >= 0.6 is 0 Å². The Balaban J connectivity index is 2.29. The molecule has 0 unspecified atom stereocenters. The molecule has 1 fully saturated rings. The molecule has 0 atom stereocenters. The maximum Gasteiger partial charge on any atom is 0.329 e. The molecule has 6 heteroatoms. The minimum absolute atomic E-state index is 0.175. The maximum atomic E-state index is 12.1. The van der Waals surface area contributed by atoms with Crippen LogP contribution < -0.4 is 14.8 Å². The van der Waals surface area contributed by atoms with Crippen molar-refractivity contribution in [3.63, 3.8) is 0 Å². The van der Waals surface area contributed by atoms with Gasteiger partial charge in [-0.05, 0) is 30.7 Å². The molecule has 0 spiro atoms. The van der Waals surface area contributed by atoms with Crippen molar-refractivity contribution in [2.75, 3.05) is 20.3 Å². The summed E-state index contributed by atoms with van der Waals surface area (Å²) in [5, 5.41) is 2.55. The van der Waals surface area contributed by atoms with Crippen LogP contribution in [0.25, 0.3) is 6.08 Å². The lowest BCUT2D eigenvalue weighted by Crippen LogP contribution is -2.30. The summed E-state index contributed by atoms with van der Waals surface area (Å²) >= 11 is 0. The predicted octanol–water partition coefficient (Wildman–Crippen LogP) is 2.17. The first-order valence-corrected chi connectivity index (χ1v) is 6.87. The third kappa shape index (κ3) is 3.11. The highest BCUT2D eigenvalue weighted by atomic mass is 16.5. The van der Waals surface area contributed by atoms with E-state index < -0.39 is 6.03 Å². The summed E-state index contributed by atoms with van der Waals surface area (Å²) in [5.41, 5.74) is 0.952. The monoisotopic (exact) mass is 302 g/mol. The number of rotatable bonds is 6. The van der Waals surface area contributed by atoms with Crippen LogP contribution in [0.5, 0.6) is 11.5 Å². The molecule has 1 aliphatic heterocycles. The predicted molar refractivity (Wildman–Crippen MR) is 82.6 cm³/mol. The molecule has 2 rings (SSSR count). The van der Waals surface area contributed by atoms with Gasteiger partial charge in [0.25, 0.3) is 5.91 Å².